The van der Waals surface area contributed by atoms with Gasteiger partial charge in [-0.25, -0.2) is 0 Å². The van der Waals surface area contributed by atoms with Crippen LogP contribution in [0, 0.1) is 0 Å². The molecule has 2 heterocycles. The third kappa shape index (κ3) is 0.800. The van der Waals surface area contributed by atoms with Gasteiger partial charge in [0.1, 0.15) is 6.23 Å². The lowest BCUT2D eigenvalue weighted by Gasteiger charge is -2.26. The Balaban J connectivity index is 2.21. The Morgan fingerprint density at radius 3 is 3.07 bits per heavy atom. The maximum Gasteiger partial charge on any atom is 0.139 e. The molecule has 0 spiro atoms. The second-order valence-corrected chi connectivity index (χ2v) is 4.52. The molecule has 2 nitrogen and oxygen atoms in total. The number of fused-ring (bicyclic) bond motifs is 3. The zero-order valence-electron chi connectivity index (χ0n) is 8.66. The van der Waals surface area contributed by atoms with Crippen LogP contribution in [-0.4, -0.2) is 19.9 Å². The zero-order chi connectivity index (χ0) is 9.76. The van der Waals surface area contributed by atoms with Gasteiger partial charge in [0.2, 0.25) is 0 Å². The summed E-state index contributed by atoms with van der Waals surface area (Å²) in [6.07, 6.45) is 1.39. The van der Waals surface area contributed by atoms with E-state index in [0.29, 0.717) is 0 Å². The van der Waals surface area contributed by atoms with Gasteiger partial charge in [0.15, 0.2) is 0 Å². The van der Waals surface area contributed by atoms with Gasteiger partial charge in [-0.3, -0.25) is 0 Å². The fourth-order valence-corrected chi connectivity index (χ4v) is 2.89. The largest absolute Gasteiger partial charge is 0.357 e. The molecule has 2 unspecified atom stereocenters. The summed E-state index contributed by atoms with van der Waals surface area (Å²) in [6.45, 7) is 3.20. The average molecular weight is 189 g/mol. The molecule has 1 aromatic rings. The second kappa shape index (κ2) is 2.51. The molecule has 74 valence electrons. The van der Waals surface area contributed by atoms with Crippen molar-refractivity contribution in [1.29, 1.82) is 0 Å². The highest BCUT2D eigenvalue weighted by Crippen LogP contribution is 2.49. The van der Waals surface area contributed by atoms with Gasteiger partial charge in [-0.15, -0.1) is 0 Å². The lowest BCUT2D eigenvalue weighted by atomic mass is 9.82. The van der Waals surface area contributed by atoms with Crippen LogP contribution in [0.4, 0.5) is 5.69 Å². The lowest BCUT2D eigenvalue weighted by Crippen LogP contribution is -2.37. The van der Waals surface area contributed by atoms with Crippen molar-refractivity contribution < 1.29 is 4.74 Å². The van der Waals surface area contributed by atoms with E-state index in [1.807, 2.05) is 0 Å². The number of ether oxygens (including phenoxy) is 1. The van der Waals surface area contributed by atoms with Crippen LogP contribution in [0.15, 0.2) is 24.3 Å². The van der Waals surface area contributed by atoms with Gasteiger partial charge in [-0.2, -0.15) is 0 Å². The fraction of sp³-hybridized carbons (Fsp3) is 0.500. The first-order valence-electron chi connectivity index (χ1n) is 5.17. The number of benzene rings is 1. The number of para-hydroxylation sites is 1. The van der Waals surface area contributed by atoms with Crippen molar-refractivity contribution in [3.8, 4) is 0 Å². The Bertz CT molecular complexity index is 376. The molecule has 0 saturated carbocycles. The maximum absolute atomic E-state index is 5.80. The Kier molecular flexibility index (Phi) is 1.49. The number of hydrogen-bond donors (Lipinski definition) is 0. The molecule has 2 atom stereocenters. The van der Waals surface area contributed by atoms with Gasteiger partial charge in [-0.1, -0.05) is 25.1 Å². The topological polar surface area (TPSA) is 12.5 Å². The minimum absolute atomic E-state index is 0.214. The Hall–Kier alpha value is -1.02. The molecule has 0 amide bonds. The third-order valence-corrected chi connectivity index (χ3v) is 3.69. The summed E-state index contributed by atoms with van der Waals surface area (Å²) in [5.74, 6) is 0. The van der Waals surface area contributed by atoms with Gasteiger partial charge in [0, 0.05) is 18.2 Å². The number of hydrogen-bond acceptors (Lipinski definition) is 2. The number of nitrogens with zero attached hydrogens (tertiary/aromatic N) is 1. The van der Waals surface area contributed by atoms with Crippen LogP contribution in [0.1, 0.15) is 18.9 Å². The summed E-state index contributed by atoms with van der Waals surface area (Å²) in [4.78, 5) is 2.27. The predicted octanol–water partition coefficient (Wildman–Crippen LogP) is 2.14. The van der Waals surface area contributed by atoms with E-state index in [1.165, 1.54) is 11.3 Å². The summed E-state index contributed by atoms with van der Waals surface area (Å²) < 4.78 is 5.80. The van der Waals surface area contributed by atoms with E-state index in [1.54, 1.807) is 0 Å². The van der Waals surface area contributed by atoms with Crippen molar-refractivity contribution in [2.24, 2.45) is 0 Å². The van der Waals surface area contributed by atoms with Crippen molar-refractivity contribution in [1.82, 2.24) is 0 Å². The van der Waals surface area contributed by atoms with Gasteiger partial charge in [0.25, 0.3) is 0 Å². The van der Waals surface area contributed by atoms with Crippen LogP contribution >= 0.6 is 0 Å². The van der Waals surface area contributed by atoms with Crippen LogP contribution in [0.25, 0.3) is 0 Å². The smallest absolute Gasteiger partial charge is 0.139 e. The van der Waals surface area contributed by atoms with Crippen LogP contribution in [0.2, 0.25) is 0 Å². The number of likely N-dealkylation sites (N-methyl/N-ethyl adjacent to an activating group) is 1. The highest BCUT2D eigenvalue weighted by Gasteiger charge is 2.50. The van der Waals surface area contributed by atoms with E-state index in [0.717, 1.165) is 13.0 Å². The summed E-state index contributed by atoms with van der Waals surface area (Å²) in [7, 11) is 2.13. The summed E-state index contributed by atoms with van der Waals surface area (Å²) in [5.41, 5.74) is 3.00. The Morgan fingerprint density at radius 2 is 2.21 bits per heavy atom. The van der Waals surface area contributed by atoms with Crippen LogP contribution in [0.3, 0.4) is 0 Å². The molecular formula is C12H15NO. The highest BCUT2D eigenvalue weighted by molar-refractivity contribution is 5.63. The molecule has 0 aliphatic carbocycles. The van der Waals surface area contributed by atoms with E-state index in [9.17, 15) is 0 Å². The van der Waals surface area contributed by atoms with Crippen molar-refractivity contribution in [3.63, 3.8) is 0 Å². The highest BCUT2D eigenvalue weighted by atomic mass is 16.5. The van der Waals surface area contributed by atoms with E-state index < -0.39 is 0 Å². The first-order chi connectivity index (χ1) is 6.73. The normalized spacial score (nSPS) is 34.4. The molecule has 2 aliphatic heterocycles. The third-order valence-electron chi connectivity index (χ3n) is 3.69. The van der Waals surface area contributed by atoms with E-state index in [-0.39, 0.29) is 11.6 Å². The molecule has 0 radical (unpaired) electrons. The zero-order valence-corrected chi connectivity index (χ0v) is 8.66. The SMILES string of the molecule is CN1c2ccccc2C2(C)CCOC12. The quantitative estimate of drug-likeness (QED) is 0.620. The van der Waals surface area contributed by atoms with Gasteiger partial charge >= 0.3 is 0 Å². The van der Waals surface area contributed by atoms with Crippen LogP contribution < -0.4 is 4.90 Å². The standard InChI is InChI=1S/C12H15NO/c1-12-7-8-14-11(12)13(2)10-6-4-3-5-9(10)12/h3-6,11H,7-8H2,1-2H3. The predicted molar refractivity (Wildman–Crippen MR) is 56.6 cm³/mol. The van der Waals surface area contributed by atoms with Crippen LogP contribution in [0.5, 0.6) is 0 Å². The molecule has 1 aromatic carbocycles. The van der Waals surface area contributed by atoms with Gasteiger partial charge in [-0.05, 0) is 18.1 Å². The summed E-state index contributed by atoms with van der Waals surface area (Å²) in [6, 6.07) is 8.64. The molecule has 0 bridgehead atoms. The van der Waals surface area contributed by atoms with E-state index in [4.69, 9.17) is 4.74 Å². The number of rotatable bonds is 0. The summed E-state index contributed by atoms with van der Waals surface area (Å²) in [5, 5.41) is 0. The van der Waals surface area contributed by atoms with Gasteiger partial charge in [0.05, 0.1) is 6.61 Å². The van der Waals surface area contributed by atoms with Gasteiger partial charge < -0.3 is 9.64 Å². The Labute approximate surface area is 84.5 Å². The van der Waals surface area contributed by atoms with Crippen LogP contribution in [-0.2, 0) is 10.2 Å². The summed E-state index contributed by atoms with van der Waals surface area (Å²) >= 11 is 0. The molecule has 1 fully saturated rings. The first kappa shape index (κ1) is 8.30. The molecule has 1 saturated heterocycles. The van der Waals surface area contributed by atoms with Crippen molar-refractivity contribution in [2.45, 2.75) is 25.0 Å². The molecule has 2 aliphatic rings. The van der Waals surface area contributed by atoms with Crippen molar-refractivity contribution >= 4 is 5.69 Å². The maximum atomic E-state index is 5.80. The average Bonchev–Trinajstić information content (AvgIpc) is 2.67. The van der Waals surface area contributed by atoms with E-state index >= 15 is 0 Å². The van der Waals surface area contributed by atoms with E-state index in [2.05, 4.69) is 43.1 Å². The fourth-order valence-electron chi connectivity index (χ4n) is 2.89. The second-order valence-electron chi connectivity index (χ2n) is 4.52. The molecule has 14 heavy (non-hydrogen) atoms. The van der Waals surface area contributed by atoms with Crippen molar-refractivity contribution in [3.05, 3.63) is 29.8 Å². The van der Waals surface area contributed by atoms with Crippen molar-refractivity contribution in [2.75, 3.05) is 18.6 Å². The monoisotopic (exact) mass is 189 g/mol. The number of anilines is 1. The Morgan fingerprint density at radius 1 is 1.43 bits per heavy atom. The minimum atomic E-state index is 0.214. The molecule has 3 rings (SSSR count). The molecule has 0 N–H and O–H groups in total. The first-order valence-corrected chi connectivity index (χ1v) is 5.17. The molecule has 0 aromatic heterocycles. The minimum Gasteiger partial charge on any atom is -0.357 e. The molecular weight excluding hydrogens is 174 g/mol. The lowest BCUT2D eigenvalue weighted by molar-refractivity contribution is 0.0920. The molecule has 2 heteroatoms.